The van der Waals surface area contributed by atoms with Crippen LogP contribution in [0.5, 0.6) is 5.75 Å². The zero-order valence-corrected chi connectivity index (χ0v) is 13.1. The van der Waals surface area contributed by atoms with Crippen LogP contribution in [0, 0.1) is 5.92 Å². The summed E-state index contributed by atoms with van der Waals surface area (Å²) in [6, 6.07) is 6.19. The lowest BCUT2D eigenvalue weighted by atomic mass is 10.0. The maximum atomic E-state index is 12.5. The van der Waals surface area contributed by atoms with Crippen molar-refractivity contribution in [2.24, 2.45) is 11.7 Å². The zero-order chi connectivity index (χ0) is 15.8. The van der Waals surface area contributed by atoms with Gasteiger partial charge in [0.05, 0.1) is 12.6 Å². The number of carbonyl (C=O) groups is 1. The molecule has 21 heavy (non-hydrogen) atoms. The lowest BCUT2D eigenvalue weighted by Gasteiger charge is -2.27. The molecule has 0 aliphatic carbocycles. The fourth-order valence-corrected chi connectivity index (χ4v) is 2.14. The summed E-state index contributed by atoms with van der Waals surface area (Å²) in [7, 11) is 1.62. The van der Waals surface area contributed by atoms with Gasteiger partial charge >= 0.3 is 0 Å². The Morgan fingerprint density at radius 2 is 1.95 bits per heavy atom. The molecular weight excluding hydrogens is 268 g/mol. The summed E-state index contributed by atoms with van der Waals surface area (Å²) < 4.78 is 5.05. The van der Waals surface area contributed by atoms with E-state index in [-0.39, 0.29) is 11.7 Å². The fraction of sp³-hybridized carbons (Fsp3) is 0.562. The largest absolute Gasteiger partial charge is 0.508 e. The van der Waals surface area contributed by atoms with E-state index in [1.807, 2.05) is 0 Å². The Morgan fingerprint density at radius 3 is 2.48 bits per heavy atom. The van der Waals surface area contributed by atoms with Gasteiger partial charge in [0.1, 0.15) is 5.75 Å². The highest BCUT2D eigenvalue weighted by Gasteiger charge is 2.21. The van der Waals surface area contributed by atoms with Crippen LogP contribution in [0.25, 0.3) is 0 Å². The van der Waals surface area contributed by atoms with Gasteiger partial charge < -0.3 is 20.5 Å². The molecule has 0 saturated heterocycles. The average Bonchev–Trinajstić information content (AvgIpc) is 2.44. The van der Waals surface area contributed by atoms with E-state index in [1.54, 1.807) is 36.3 Å². The van der Waals surface area contributed by atoms with Gasteiger partial charge in [-0.1, -0.05) is 26.0 Å². The normalized spacial score (nSPS) is 12.4. The highest BCUT2D eigenvalue weighted by Crippen LogP contribution is 2.12. The van der Waals surface area contributed by atoms with Crippen molar-refractivity contribution in [2.75, 3.05) is 26.8 Å². The molecule has 0 saturated carbocycles. The van der Waals surface area contributed by atoms with Crippen LogP contribution < -0.4 is 5.73 Å². The first-order valence-corrected chi connectivity index (χ1v) is 7.25. The number of nitrogens with zero attached hydrogens (tertiary/aromatic N) is 1. The molecule has 0 aromatic heterocycles. The molecule has 0 bridgehead atoms. The Morgan fingerprint density at radius 1 is 1.33 bits per heavy atom. The predicted octanol–water partition coefficient (Wildman–Crippen LogP) is 1.39. The number of ether oxygens (including phenoxy) is 1. The lowest BCUT2D eigenvalue weighted by Crippen LogP contribution is -2.47. The quantitative estimate of drug-likeness (QED) is 0.760. The number of methoxy groups -OCH3 is 1. The SMILES string of the molecule is COCCN(CC(C)C)C(=O)[C@H](N)Cc1ccc(O)cc1. The van der Waals surface area contributed by atoms with Crippen molar-refractivity contribution in [1.82, 2.24) is 4.90 Å². The predicted molar refractivity (Wildman–Crippen MR) is 83.1 cm³/mol. The third-order valence-electron chi connectivity index (χ3n) is 3.17. The van der Waals surface area contributed by atoms with E-state index in [4.69, 9.17) is 10.5 Å². The summed E-state index contributed by atoms with van der Waals surface area (Å²) in [5, 5.41) is 9.26. The van der Waals surface area contributed by atoms with E-state index in [0.717, 1.165) is 5.56 Å². The molecule has 3 N–H and O–H groups in total. The van der Waals surface area contributed by atoms with Gasteiger partial charge in [-0.3, -0.25) is 4.79 Å². The summed E-state index contributed by atoms with van der Waals surface area (Å²) >= 11 is 0. The van der Waals surface area contributed by atoms with Crippen LogP contribution in [0.1, 0.15) is 19.4 Å². The van der Waals surface area contributed by atoms with Crippen molar-refractivity contribution in [3.05, 3.63) is 29.8 Å². The van der Waals surface area contributed by atoms with E-state index in [0.29, 0.717) is 32.0 Å². The summed E-state index contributed by atoms with van der Waals surface area (Å²) in [5.74, 6) is 0.528. The molecule has 0 heterocycles. The zero-order valence-electron chi connectivity index (χ0n) is 13.1. The minimum absolute atomic E-state index is 0.0613. The highest BCUT2D eigenvalue weighted by atomic mass is 16.5. The van der Waals surface area contributed by atoms with Gasteiger partial charge in [-0.2, -0.15) is 0 Å². The molecule has 0 unspecified atom stereocenters. The Labute approximate surface area is 126 Å². The lowest BCUT2D eigenvalue weighted by molar-refractivity contribution is -0.133. The third kappa shape index (κ3) is 6.14. The second kappa shape index (κ2) is 8.64. The van der Waals surface area contributed by atoms with Crippen LogP contribution in [0.3, 0.4) is 0 Å². The molecule has 0 aliphatic heterocycles. The molecular formula is C16H26N2O3. The van der Waals surface area contributed by atoms with Gasteiger partial charge in [0.15, 0.2) is 0 Å². The summed E-state index contributed by atoms with van der Waals surface area (Å²) in [5.41, 5.74) is 6.98. The molecule has 5 heteroatoms. The molecule has 0 radical (unpaired) electrons. The van der Waals surface area contributed by atoms with Crippen molar-refractivity contribution in [3.8, 4) is 5.75 Å². The molecule has 1 atom stereocenters. The maximum absolute atomic E-state index is 12.5. The van der Waals surface area contributed by atoms with Gasteiger partial charge in [-0.15, -0.1) is 0 Å². The van der Waals surface area contributed by atoms with Gasteiger partial charge in [0.25, 0.3) is 0 Å². The Hall–Kier alpha value is -1.59. The number of amides is 1. The van der Waals surface area contributed by atoms with Gasteiger partial charge in [0.2, 0.25) is 5.91 Å². The Bertz CT molecular complexity index is 432. The van der Waals surface area contributed by atoms with Crippen LogP contribution in [0.15, 0.2) is 24.3 Å². The standard InChI is InChI=1S/C16H26N2O3/c1-12(2)11-18(8-9-21-3)16(20)15(17)10-13-4-6-14(19)7-5-13/h4-7,12,15,19H,8-11,17H2,1-3H3/t15-/m1/s1. The first-order valence-electron chi connectivity index (χ1n) is 7.25. The maximum Gasteiger partial charge on any atom is 0.239 e. The topological polar surface area (TPSA) is 75.8 Å². The molecule has 1 aromatic carbocycles. The fourth-order valence-electron chi connectivity index (χ4n) is 2.14. The second-order valence-corrected chi connectivity index (χ2v) is 5.65. The van der Waals surface area contributed by atoms with E-state index in [2.05, 4.69) is 13.8 Å². The molecule has 0 fully saturated rings. The summed E-state index contributed by atoms with van der Waals surface area (Å²) in [4.78, 5) is 14.2. The van der Waals surface area contributed by atoms with Crippen LogP contribution in [-0.4, -0.2) is 48.8 Å². The minimum atomic E-state index is -0.579. The van der Waals surface area contributed by atoms with Crippen molar-refractivity contribution in [3.63, 3.8) is 0 Å². The second-order valence-electron chi connectivity index (χ2n) is 5.65. The van der Waals surface area contributed by atoms with Crippen LogP contribution >= 0.6 is 0 Å². The number of phenols is 1. The Kier molecular flexibility index (Phi) is 7.19. The highest BCUT2D eigenvalue weighted by molar-refractivity contribution is 5.82. The van der Waals surface area contributed by atoms with E-state index < -0.39 is 6.04 Å². The average molecular weight is 294 g/mol. The number of carbonyl (C=O) groups excluding carboxylic acids is 1. The number of rotatable bonds is 8. The number of benzene rings is 1. The van der Waals surface area contributed by atoms with Crippen molar-refractivity contribution < 1.29 is 14.6 Å². The first kappa shape index (κ1) is 17.5. The summed E-state index contributed by atoms with van der Waals surface area (Å²) in [6.07, 6.45) is 0.459. The monoisotopic (exact) mass is 294 g/mol. The first-order chi connectivity index (χ1) is 9.93. The molecule has 1 aromatic rings. The number of hydrogen-bond acceptors (Lipinski definition) is 4. The number of aromatic hydroxyl groups is 1. The minimum Gasteiger partial charge on any atom is -0.508 e. The van der Waals surface area contributed by atoms with E-state index >= 15 is 0 Å². The molecule has 118 valence electrons. The smallest absolute Gasteiger partial charge is 0.239 e. The summed E-state index contributed by atoms with van der Waals surface area (Å²) in [6.45, 7) is 5.86. The van der Waals surface area contributed by atoms with E-state index in [9.17, 15) is 9.90 Å². The van der Waals surface area contributed by atoms with Crippen LogP contribution in [0.2, 0.25) is 0 Å². The number of nitrogens with two attached hydrogens (primary N) is 1. The van der Waals surface area contributed by atoms with Crippen molar-refractivity contribution in [1.29, 1.82) is 0 Å². The number of hydrogen-bond donors (Lipinski definition) is 2. The van der Waals surface area contributed by atoms with E-state index in [1.165, 1.54) is 0 Å². The third-order valence-corrected chi connectivity index (χ3v) is 3.17. The van der Waals surface area contributed by atoms with Gasteiger partial charge in [-0.05, 0) is 30.0 Å². The van der Waals surface area contributed by atoms with Gasteiger partial charge in [0, 0.05) is 20.2 Å². The molecule has 5 nitrogen and oxygen atoms in total. The van der Waals surface area contributed by atoms with Crippen molar-refractivity contribution in [2.45, 2.75) is 26.3 Å². The van der Waals surface area contributed by atoms with Crippen LogP contribution in [0.4, 0.5) is 0 Å². The Balaban J connectivity index is 2.65. The van der Waals surface area contributed by atoms with Crippen LogP contribution in [-0.2, 0) is 16.0 Å². The molecule has 0 spiro atoms. The number of phenolic OH excluding ortho intramolecular Hbond substituents is 1. The molecule has 0 aliphatic rings. The van der Waals surface area contributed by atoms with Crippen molar-refractivity contribution >= 4 is 5.91 Å². The van der Waals surface area contributed by atoms with Gasteiger partial charge in [-0.25, -0.2) is 0 Å². The molecule has 1 rings (SSSR count). The molecule has 1 amide bonds.